The third-order valence-electron chi connectivity index (χ3n) is 4.59. The zero-order valence-corrected chi connectivity index (χ0v) is 15.7. The van der Waals surface area contributed by atoms with E-state index in [4.69, 9.17) is 16.0 Å². The monoisotopic (exact) mass is 369 g/mol. The molecule has 0 saturated carbocycles. The Morgan fingerprint density at radius 2 is 1.88 bits per heavy atom. The highest BCUT2D eigenvalue weighted by molar-refractivity contribution is 6.31. The van der Waals surface area contributed by atoms with E-state index in [1.807, 2.05) is 39.0 Å². The van der Waals surface area contributed by atoms with Gasteiger partial charge in [0.05, 0.1) is 0 Å². The molecule has 0 atom stereocenters. The number of carbonyl (C=O) groups is 1. The Morgan fingerprint density at radius 3 is 2.65 bits per heavy atom. The molecule has 1 amide bonds. The van der Waals surface area contributed by atoms with Crippen molar-refractivity contribution in [1.29, 1.82) is 0 Å². The van der Waals surface area contributed by atoms with E-state index in [2.05, 4.69) is 5.32 Å². The van der Waals surface area contributed by atoms with Gasteiger partial charge < -0.3 is 9.73 Å². The summed E-state index contributed by atoms with van der Waals surface area (Å²) in [4.78, 5) is 24.6. The van der Waals surface area contributed by atoms with Crippen molar-refractivity contribution in [2.45, 2.75) is 33.6 Å². The van der Waals surface area contributed by atoms with Gasteiger partial charge in [0.15, 0.2) is 0 Å². The van der Waals surface area contributed by atoms with Gasteiger partial charge in [0.2, 0.25) is 5.91 Å². The molecule has 4 nitrogen and oxygen atoms in total. The minimum absolute atomic E-state index is 0.168. The summed E-state index contributed by atoms with van der Waals surface area (Å²) in [6.07, 6.45) is 0.512. The van der Waals surface area contributed by atoms with Gasteiger partial charge in [-0.1, -0.05) is 29.8 Å². The van der Waals surface area contributed by atoms with Crippen LogP contribution in [-0.2, 0) is 11.2 Å². The van der Waals surface area contributed by atoms with Gasteiger partial charge in [-0.25, -0.2) is 4.79 Å². The minimum atomic E-state index is -0.382. The van der Waals surface area contributed by atoms with Crippen molar-refractivity contribution in [3.05, 3.63) is 74.1 Å². The molecule has 0 aliphatic heterocycles. The van der Waals surface area contributed by atoms with Gasteiger partial charge in [-0.15, -0.1) is 0 Å². The maximum absolute atomic E-state index is 12.3. The summed E-state index contributed by atoms with van der Waals surface area (Å²) in [6.45, 7) is 5.69. The minimum Gasteiger partial charge on any atom is -0.423 e. The van der Waals surface area contributed by atoms with Gasteiger partial charge in [-0.2, -0.15) is 0 Å². The van der Waals surface area contributed by atoms with Crippen LogP contribution in [-0.4, -0.2) is 5.91 Å². The first-order chi connectivity index (χ1) is 12.4. The molecule has 3 rings (SSSR count). The van der Waals surface area contributed by atoms with E-state index >= 15 is 0 Å². The topological polar surface area (TPSA) is 59.3 Å². The second-order valence-electron chi connectivity index (χ2n) is 6.45. The summed E-state index contributed by atoms with van der Waals surface area (Å²) in [5.41, 5.74) is 4.13. The maximum Gasteiger partial charge on any atom is 0.339 e. The smallest absolute Gasteiger partial charge is 0.339 e. The van der Waals surface area contributed by atoms with E-state index in [-0.39, 0.29) is 18.0 Å². The molecular formula is C21H20ClNO3. The summed E-state index contributed by atoms with van der Waals surface area (Å²) in [6, 6.07) is 11.1. The third kappa shape index (κ3) is 3.65. The molecular weight excluding hydrogens is 350 g/mol. The van der Waals surface area contributed by atoms with Crippen LogP contribution in [0.15, 0.2) is 45.6 Å². The number of hydrogen-bond donors (Lipinski definition) is 1. The highest BCUT2D eigenvalue weighted by Gasteiger charge is 2.14. The number of rotatable bonds is 4. The van der Waals surface area contributed by atoms with Crippen molar-refractivity contribution in [2.75, 3.05) is 5.32 Å². The molecule has 0 unspecified atom stereocenters. The second-order valence-corrected chi connectivity index (χ2v) is 6.86. The molecule has 0 aliphatic carbocycles. The van der Waals surface area contributed by atoms with Crippen molar-refractivity contribution in [1.82, 2.24) is 0 Å². The van der Waals surface area contributed by atoms with Crippen molar-refractivity contribution in [3.8, 4) is 0 Å². The standard InChI is InChI=1S/C21H20ClNO3/c1-12-7-8-15-13(2)16(21(25)26-19(15)11-12)9-10-20(24)23-18-6-4-5-17(22)14(18)3/h4-8,11H,9-10H2,1-3H3,(H,23,24). The van der Waals surface area contributed by atoms with Crippen molar-refractivity contribution >= 4 is 34.2 Å². The molecule has 1 N–H and O–H groups in total. The first-order valence-electron chi connectivity index (χ1n) is 8.44. The first-order valence-corrected chi connectivity index (χ1v) is 8.82. The molecule has 0 radical (unpaired) electrons. The van der Waals surface area contributed by atoms with Crippen LogP contribution >= 0.6 is 11.6 Å². The molecule has 26 heavy (non-hydrogen) atoms. The molecule has 1 aromatic heterocycles. The summed E-state index contributed by atoms with van der Waals surface area (Å²) in [5, 5.41) is 4.35. The van der Waals surface area contributed by atoms with Crippen LogP contribution in [0.2, 0.25) is 5.02 Å². The Hall–Kier alpha value is -2.59. The number of fused-ring (bicyclic) bond motifs is 1. The molecule has 0 bridgehead atoms. The van der Waals surface area contributed by atoms with Crippen molar-refractivity contribution in [2.24, 2.45) is 0 Å². The third-order valence-corrected chi connectivity index (χ3v) is 5.00. The van der Waals surface area contributed by atoms with Crippen molar-refractivity contribution < 1.29 is 9.21 Å². The SMILES string of the molecule is Cc1ccc2c(C)c(CCC(=O)Nc3cccc(Cl)c3C)c(=O)oc2c1. The molecule has 0 fully saturated rings. The summed E-state index contributed by atoms with van der Waals surface area (Å²) < 4.78 is 5.44. The quantitative estimate of drug-likeness (QED) is 0.662. The van der Waals surface area contributed by atoms with Crippen LogP contribution in [0.25, 0.3) is 11.0 Å². The molecule has 2 aromatic carbocycles. The average Bonchev–Trinajstić information content (AvgIpc) is 2.58. The largest absolute Gasteiger partial charge is 0.423 e. The average molecular weight is 370 g/mol. The molecule has 5 heteroatoms. The fourth-order valence-electron chi connectivity index (χ4n) is 2.98. The van der Waals surface area contributed by atoms with E-state index in [9.17, 15) is 9.59 Å². The number of amides is 1. The van der Waals surface area contributed by atoms with Crippen LogP contribution < -0.4 is 10.9 Å². The number of hydrogen-bond acceptors (Lipinski definition) is 3. The van der Waals surface area contributed by atoms with E-state index in [0.717, 1.165) is 22.1 Å². The van der Waals surface area contributed by atoms with Gasteiger partial charge in [0.25, 0.3) is 0 Å². The Balaban J connectivity index is 1.79. The molecule has 0 spiro atoms. The lowest BCUT2D eigenvalue weighted by Crippen LogP contribution is -2.17. The Morgan fingerprint density at radius 1 is 1.12 bits per heavy atom. The van der Waals surface area contributed by atoms with Crippen molar-refractivity contribution in [3.63, 3.8) is 0 Å². The van der Waals surface area contributed by atoms with Gasteiger partial charge in [-0.3, -0.25) is 4.79 Å². The van der Waals surface area contributed by atoms with Gasteiger partial charge in [0.1, 0.15) is 5.58 Å². The Bertz CT molecular complexity index is 1050. The number of aryl methyl sites for hydroxylation is 2. The lowest BCUT2D eigenvalue weighted by Gasteiger charge is -2.10. The summed E-state index contributed by atoms with van der Waals surface area (Å²) >= 11 is 6.07. The Kier molecular flexibility index (Phi) is 5.14. The van der Waals surface area contributed by atoms with Crippen LogP contribution in [0.3, 0.4) is 0 Å². The predicted molar refractivity (Wildman–Crippen MR) is 105 cm³/mol. The fraction of sp³-hybridized carbons (Fsp3) is 0.238. The maximum atomic E-state index is 12.3. The predicted octanol–water partition coefficient (Wildman–Crippen LogP) is 4.94. The van der Waals surface area contributed by atoms with E-state index in [0.29, 0.717) is 28.3 Å². The normalized spacial score (nSPS) is 10.9. The van der Waals surface area contributed by atoms with Crippen LogP contribution in [0, 0.1) is 20.8 Å². The summed E-state index contributed by atoms with van der Waals surface area (Å²) in [5.74, 6) is -0.168. The number of anilines is 1. The zero-order chi connectivity index (χ0) is 18.8. The molecule has 0 saturated heterocycles. The van der Waals surface area contributed by atoms with Gasteiger partial charge in [-0.05, 0) is 62.1 Å². The lowest BCUT2D eigenvalue weighted by atomic mass is 10.0. The lowest BCUT2D eigenvalue weighted by molar-refractivity contribution is -0.116. The number of halogens is 1. The van der Waals surface area contributed by atoms with Crippen LogP contribution in [0.5, 0.6) is 0 Å². The number of nitrogens with one attached hydrogen (secondary N) is 1. The molecule has 3 aromatic rings. The number of benzene rings is 2. The second kappa shape index (κ2) is 7.34. The fourth-order valence-corrected chi connectivity index (χ4v) is 3.16. The van der Waals surface area contributed by atoms with Gasteiger partial charge in [0, 0.05) is 28.1 Å². The van der Waals surface area contributed by atoms with E-state index in [1.54, 1.807) is 18.2 Å². The zero-order valence-electron chi connectivity index (χ0n) is 15.0. The first kappa shape index (κ1) is 18.2. The molecule has 1 heterocycles. The van der Waals surface area contributed by atoms with E-state index in [1.165, 1.54) is 0 Å². The van der Waals surface area contributed by atoms with Crippen LogP contribution in [0.1, 0.15) is 28.7 Å². The highest BCUT2D eigenvalue weighted by Crippen LogP contribution is 2.24. The van der Waals surface area contributed by atoms with E-state index < -0.39 is 0 Å². The summed E-state index contributed by atoms with van der Waals surface area (Å²) in [7, 11) is 0. The molecule has 0 aliphatic rings. The molecule has 134 valence electrons. The Labute approximate surface area is 156 Å². The van der Waals surface area contributed by atoms with Gasteiger partial charge >= 0.3 is 5.63 Å². The number of carbonyl (C=O) groups excluding carboxylic acids is 1. The highest BCUT2D eigenvalue weighted by atomic mass is 35.5. The van der Waals surface area contributed by atoms with Crippen LogP contribution in [0.4, 0.5) is 5.69 Å².